The minimum Gasteiger partial charge on any atom is -0.384 e. The van der Waals surface area contributed by atoms with Gasteiger partial charge in [-0.05, 0) is 56.3 Å². The Hall–Kier alpha value is -1.32. The molecule has 2 N–H and O–H groups in total. The third kappa shape index (κ3) is 1.52. The first-order valence-corrected chi connectivity index (χ1v) is 7.39. The van der Waals surface area contributed by atoms with Gasteiger partial charge in [0.05, 0.1) is 6.20 Å². The van der Waals surface area contributed by atoms with Gasteiger partial charge in [-0.3, -0.25) is 4.79 Å². The number of hydrogen-bond acceptors (Lipinski definition) is 3. The summed E-state index contributed by atoms with van der Waals surface area (Å²) in [5, 5.41) is 0. The number of ketones is 1. The van der Waals surface area contributed by atoms with Gasteiger partial charge in [0.1, 0.15) is 5.82 Å². The Morgan fingerprint density at radius 2 is 1.79 bits per heavy atom. The summed E-state index contributed by atoms with van der Waals surface area (Å²) in [6.45, 7) is 0. The molecule has 4 bridgehead atoms. The van der Waals surface area contributed by atoms with E-state index in [0.29, 0.717) is 11.6 Å². The van der Waals surface area contributed by atoms with E-state index in [2.05, 4.69) is 4.98 Å². The molecule has 1 heterocycles. The van der Waals surface area contributed by atoms with Crippen molar-refractivity contribution in [3.05, 3.63) is 12.0 Å². The summed E-state index contributed by atoms with van der Waals surface area (Å²) in [6, 6.07) is 0. The van der Waals surface area contributed by atoms with Gasteiger partial charge in [-0.2, -0.15) is 0 Å². The Bertz CT molecular complexity index is 510. The molecule has 0 aliphatic heterocycles. The van der Waals surface area contributed by atoms with Crippen molar-refractivity contribution in [2.24, 2.45) is 30.2 Å². The molecule has 1 aromatic rings. The number of rotatable bonds is 2. The molecule has 1 aromatic heterocycles. The fraction of sp³-hybridized carbons (Fsp3) is 0.733. The zero-order valence-electron chi connectivity index (χ0n) is 11.4. The van der Waals surface area contributed by atoms with Gasteiger partial charge in [-0.1, -0.05) is 0 Å². The molecule has 4 aliphatic rings. The zero-order chi connectivity index (χ0) is 13.2. The molecule has 102 valence electrons. The minimum absolute atomic E-state index is 0.111. The van der Waals surface area contributed by atoms with Gasteiger partial charge in [-0.25, -0.2) is 4.98 Å². The highest BCUT2D eigenvalue weighted by molar-refractivity contribution is 5.98. The number of nitrogen functional groups attached to an aromatic ring is 1. The van der Waals surface area contributed by atoms with E-state index in [1.165, 1.54) is 19.3 Å². The molecule has 0 atom stereocenters. The van der Waals surface area contributed by atoms with Gasteiger partial charge in [-0.15, -0.1) is 0 Å². The minimum atomic E-state index is -0.111. The van der Waals surface area contributed by atoms with Crippen molar-refractivity contribution in [3.63, 3.8) is 0 Å². The lowest BCUT2D eigenvalue weighted by Crippen LogP contribution is -2.50. The number of anilines is 1. The number of aromatic nitrogens is 2. The lowest BCUT2D eigenvalue weighted by molar-refractivity contribution is -0.0359. The highest BCUT2D eigenvalue weighted by Crippen LogP contribution is 2.60. The molecule has 0 aromatic carbocycles. The molecule has 4 saturated carbocycles. The summed E-state index contributed by atoms with van der Waals surface area (Å²) < 4.78 is 1.75. The van der Waals surface area contributed by atoms with Gasteiger partial charge in [0.15, 0.2) is 5.82 Å². The molecule has 4 fully saturated rings. The molecule has 0 saturated heterocycles. The molecule has 5 rings (SSSR count). The van der Waals surface area contributed by atoms with Gasteiger partial charge in [0.2, 0.25) is 5.78 Å². The second-order valence-electron chi connectivity index (χ2n) is 7.09. The Labute approximate surface area is 113 Å². The third-order valence-corrected chi connectivity index (χ3v) is 5.75. The maximum absolute atomic E-state index is 13.0. The number of carbonyl (C=O) groups excluding carboxylic acids is 1. The van der Waals surface area contributed by atoms with Crippen molar-refractivity contribution < 1.29 is 4.79 Å². The van der Waals surface area contributed by atoms with Crippen LogP contribution in [0.15, 0.2) is 6.20 Å². The van der Waals surface area contributed by atoms with Crippen molar-refractivity contribution in [1.82, 2.24) is 9.55 Å². The Morgan fingerprint density at radius 3 is 2.21 bits per heavy atom. The van der Waals surface area contributed by atoms with E-state index >= 15 is 0 Å². The average molecular weight is 259 g/mol. The van der Waals surface area contributed by atoms with Gasteiger partial charge in [0, 0.05) is 12.5 Å². The predicted molar refractivity (Wildman–Crippen MR) is 72.6 cm³/mol. The predicted octanol–water partition coefficient (Wildman–Crippen LogP) is 2.40. The van der Waals surface area contributed by atoms with E-state index in [1.807, 2.05) is 7.05 Å². The van der Waals surface area contributed by atoms with E-state index in [1.54, 1.807) is 10.8 Å². The molecule has 0 amide bonds. The maximum Gasteiger partial charge on any atom is 0.204 e. The van der Waals surface area contributed by atoms with Crippen LogP contribution in [0, 0.1) is 23.2 Å². The van der Waals surface area contributed by atoms with E-state index in [0.717, 1.165) is 37.0 Å². The average Bonchev–Trinajstić information content (AvgIpc) is 2.67. The Kier molecular flexibility index (Phi) is 2.19. The molecule has 4 aliphatic carbocycles. The van der Waals surface area contributed by atoms with Crippen molar-refractivity contribution in [2.45, 2.75) is 38.5 Å². The van der Waals surface area contributed by atoms with Gasteiger partial charge < -0.3 is 10.3 Å². The number of imidazole rings is 1. The molecular weight excluding hydrogens is 238 g/mol. The third-order valence-electron chi connectivity index (χ3n) is 5.75. The van der Waals surface area contributed by atoms with Crippen LogP contribution in [0.3, 0.4) is 0 Å². The number of nitrogens with two attached hydrogens (primary N) is 1. The van der Waals surface area contributed by atoms with Crippen molar-refractivity contribution in [2.75, 3.05) is 5.73 Å². The van der Waals surface area contributed by atoms with Crippen LogP contribution in [0.4, 0.5) is 5.82 Å². The highest BCUT2D eigenvalue weighted by atomic mass is 16.1. The number of carbonyl (C=O) groups is 1. The maximum atomic E-state index is 13.0. The SMILES string of the molecule is Cn1c(N)cnc1C(=O)C12CC3CC(CC(C3)C1)C2. The molecule has 4 nitrogen and oxygen atoms in total. The topological polar surface area (TPSA) is 60.9 Å². The Balaban J connectivity index is 1.72. The zero-order valence-corrected chi connectivity index (χ0v) is 11.4. The standard InChI is InChI=1S/C15H21N3O/c1-18-12(16)8-17-14(18)13(19)15-5-9-2-10(6-15)4-11(3-9)7-15/h8-11H,2-7,16H2,1H3. The highest BCUT2D eigenvalue weighted by Gasteiger charge is 2.55. The van der Waals surface area contributed by atoms with E-state index in [4.69, 9.17) is 5.73 Å². The summed E-state index contributed by atoms with van der Waals surface area (Å²) >= 11 is 0. The van der Waals surface area contributed by atoms with Crippen LogP contribution in [0.1, 0.15) is 49.1 Å². The van der Waals surface area contributed by atoms with Crippen LogP contribution in [0.2, 0.25) is 0 Å². The van der Waals surface area contributed by atoms with E-state index in [-0.39, 0.29) is 11.2 Å². The summed E-state index contributed by atoms with van der Waals surface area (Å²) in [5.74, 6) is 3.76. The van der Waals surface area contributed by atoms with Gasteiger partial charge in [0.25, 0.3) is 0 Å². The summed E-state index contributed by atoms with van der Waals surface area (Å²) in [6.07, 6.45) is 8.94. The van der Waals surface area contributed by atoms with Crippen molar-refractivity contribution in [1.29, 1.82) is 0 Å². The number of nitrogens with zero attached hydrogens (tertiary/aromatic N) is 2. The van der Waals surface area contributed by atoms with Crippen molar-refractivity contribution in [3.8, 4) is 0 Å². The van der Waals surface area contributed by atoms with Crippen LogP contribution in [0.25, 0.3) is 0 Å². The normalized spacial score (nSPS) is 39.7. The quantitative estimate of drug-likeness (QED) is 0.830. The van der Waals surface area contributed by atoms with E-state index in [9.17, 15) is 4.79 Å². The first kappa shape index (κ1) is 11.5. The van der Waals surface area contributed by atoms with Crippen LogP contribution >= 0.6 is 0 Å². The largest absolute Gasteiger partial charge is 0.384 e. The first-order chi connectivity index (χ1) is 9.07. The molecule has 4 heteroatoms. The molecule has 0 spiro atoms. The molecule has 0 radical (unpaired) electrons. The monoisotopic (exact) mass is 259 g/mol. The van der Waals surface area contributed by atoms with Crippen LogP contribution in [-0.2, 0) is 7.05 Å². The molecule has 0 unspecified atom stereocenters. The lowest BCUT2D eigenvalue weighted by atomic mass is 9.48. The smallest absolute Gasteiger partial charge is 0.204 e. The van der Waals surface area contributed by atoms with Crippen LogP contribution in [-0.4, -0.2) is 15.3 Å². The fourth-order valence-electron chi connectivity index (χ4n) is 5.26. The fourth-order valence-corrected chi connectivity index (χ4v) is 5.26. The van der Waals surface area contributed by atoms with Crippen LogP contribution < -0.4 is 5.73 Å². The summed E-state index contributed by atoms with van der Waals surface area (Å²) in [7, 11) is 1.84. The second kappa shape index (κ2) is 3.62. The first-order valence-electron chi connectivity index (χ1n) is 7.39. The lowest BCUT2D eigenvalue weighted by Gasteiger charge is -2.55. The number of Topliss-reactive ketones (excluding diaryl/α,β-unsaturated/α-hetero) is 1. The summed E-state index contributed by atoms with van der Waals surface area (Å²) in [4.78, 5) is 17.3. The van der Waals surface area contributed by atoms with E-state index < -0.39 is 0 Å². The van der Waals surface area contributed by atoms with Gasteiger partial charge >= 0.3 is 0 Å². The summed E-state index contributed by atoms with van der Waals surface area (Å²) in [5.41, 5.74) is 5.71. The van der Waals surface area contributed by atoms with Crippen LogP contribution in [0.5, 0.6) is 0 Å². The molecule has 19 heavy (non-hydrogen) atoms. The Morgan fingerprint density at radius 1 is 1.26 bits per heavy atom. The van der Waals surface area contributed by atoms with Crippen molar-refractivity contribution >= 4 is 11.6 Å². The molecular formula is C15H21N3O. The second-order valence-corrected chi connectivity index (χ2v) is 7.09. The number of hydrogen-bond donors (Lipinski definition) is 1.